The number of aliphatic hydroxyl groups is 1. The van der Waals surface area contributed by atoms with Crippen LogP contribution in [0.3, 0.4) is 0 Å². The average Bonchev–Trinajstić information content (AvgIpc) is 3.33. The second-order valence-corrected chi connectivity index (χ2v) is 9.19. The molecule has 3 rings (SSSR count). The number of amides is 1. The molecule has 0 bridgehead atoms. The van der Waals surface area contributed by atoms with Crippen LogP contribution in [0.1, 0.15) is 48.9 Å². The van der Waals surface area contributed by atoms with Crippen LogP contribution in [0.5, 0.6) is 0 Å². The van der Waals surface area contributed by atoms with E-state index in [4.69, 9.17) is 0 Å². The Labute approximate surface area is 217 Å². The van der Waals surface area contributed by atoms with Gasteiger partial charge in [0, 0.05) is 43.5 Å². The molecule has 6 nitrogen and oxygen atoms in total. The number of aliphatic hydroxyl groups excluding tert-OH is 1. The van der Waals surface area contributed by atoms with Crippen LogP contribution in [0.4, 0.5) is 8.78 Å². The van der Waals surface area contributed by atoms with Crippen molar-refractivity contribution >= 4 is 12.0 Å². The van der Waals surface area contributed by atoms with Gasteiger partial charge in [0.15, 0.2) is 0 Å². The summed E-state index contributed by atoms with van der Waals surface area (Å²) in [5.41, 5.74) is 3.44. The molecule has 1 aromatic heterocycles. The molecule has 0 radical (unpaired) electrons. The molecule has 1 amide bonds. The fourth-order valence-electron chi connectivity index (χ4n) is 4.04. The molecular formula is C29H36F2N4O2. The van der Waals surface area contributed by atoms with Gasteiger partial charge in [0.25, 0.3) is 0 Å². The number of aromatic nitrogens is 2. The summed E-state index contributed by atoms with van der Waals surface area (Å²) >= 11 is 0. The normalized spacial score (nSPS) is 13.1. The van der Waals surface area contributed by atoms with E-state index in [1.165, 1.54) is 23.8 Å². The molecule has 0 aliphatic carbocycles. The average molecular weight is 511 g/mol. The fraction of sp³-hybridized carbons (Fsp3) is 0.379. The van der Waals surface area contributed by atoms with E-state index in [0.717, 1.165) is 43.0 Å². The maximum absolute atomic E-state index is 13.8. The molecule has 0 aliphatic rings. The Bertz CT molecular complexity index is 1160. The number of nitrogens with zero attached hydrogens (tertiary/aromatic N) is 2. The second-order valence-electron chi connectivity index (χ2n) is 9.19. The minimum absolute atomic E-state index is 0.0668. The molecule has 2 atom stereocenters. The number of aryl methyl sites for hydroxylation is 2. The molecule has 0 spiro atoms. The third-order valence-electron chi connectivity index (χ3n) is 6.07. The topological polar surface area (TPSA) is 79.2 Å². The molecule has 1 heterocycles. The predicted molar refractivity (Wildman–Crippen MR) is 142 cm³/mol. The van der Waals surface area contributed by atoms with Gasteiger partial charge < -0.3 is 15.7 Å². The number of unbranched alkanes of at least 4 members (excludes halogenated alkanes) is 1. The van der Waals surface area contributed by atoms with Crippen molar-refractivity contribution < 1.29 is 18.7 Å². The lowest BCUT2D eigenvalue weighted by Crippen LogP contribution is -2.48. The van der Waals surface area contributed by atoms with Gasteiger partial charge in [0.1, 0.15) is 11.6 Å². The van der Waals surface area contributed by atoms with E-state index in [2.05, 4.69) is 41.7 Å². The molecule has 3 aromatic rings. The van der Waals surface area contributed by atoms with Crippen LogP contribution in [0, 0.1) is 11.6 Å². The molecule has 0 aliphatic heterocycles. The zero-order valence-electron chi connectivity index (χ0n) is 21.5. The van der Waals surface area contributed by atoms with E-state index in [-0.39, 0.29) is 13.0 Å². The lowest BCUT2D eigenvalue weighted by Gasteiger charge is -2.24. The van der Waals surface area contributed by atoms with Gasteiger partial charge in [0.05, 0.1) is 18.3 Å². The first-order valence-corrected chi connectivity index (χ1v) is 12.8. The molecule has 0 saturated heterocycles. The molecule has 0 fully saturated rings. The Morgan fingerprint density at radius 3 is 2.59 bits per heavy atom. The predicted octanol–water partition coefficient (Wildman–Crippen LogP) is 4.42. The van der Waals surface area contributed by atoms with Crippen molar-refractivity contribution in [3.63, 3.8) is 0 Å². The van der Waals surface area contributed by atoms with Crippen LogP contribution in [-0.4, -0.2) is 39.5 Å². The van der Waals surface area contributed by atoms with E-state index in [1.807, 2.05) is 23.0 Å². The van der Waals surface area contributed by atoms with Gasteiger partial charge in [-0.1, -0.05) is 44.5 Å². The van der Waals surface area contributed by atoms with Crippen molar-refractivity contribution in [2.24, 2.45) is 0 Å². The minimum Gasteiger partial charge on any atom is -0.390 e. The van der Waals surface area contributed by atoms with E-state index in [9.17, 15) is 18.7 Å². The highest BCUT2D eigenvalue weighted by molar-refractivity contribution is 5.91. The number of hydrogen-bond donors (Lipinski definition) is 3. The zero-order chi connectivity index (χ0) is 26.6. The van der Waals surface area contributed by atoms with Crippen LogP contribution < -0.4 is 10.6 Å². The maximum Gasteiger partial charge on any atom is 0.244 e. The van der Waals surface area contributed by atoms with Crippen molar-refractivity contribution in [1.82, 2.24) is 20.4 Å². The first-order valence-electron chi connectivity index (χ1n) is 12.8. The highest BCUT2D eigenvalue weighted by atomic mass is 19.1. The largest absolute Gasteiger partial charge is 0.390 e. The lowest BCUT2D eigenvalue weighted by molar-refractivity contribution is -0.117. The van der Waals surface area contributed by atoms with Gasteiger partial charge in [-0.3, -0.25) is 9.48 Å². The first kappa shape index (κ1) is 28.2. The van der Waals surface area contributed by atoms with Gasteiger partial charge >= 0.3 is 0 Å². The van der Waals surface area contributed by atoms with E-state index in [1.54, 1.807) is 12.3 Å². The summed E-state index contributed by atoms with van der Waals surface area (Å²) in [7, 11) is 0. The van der Waals surface area contributed by atoms with Crippen LogP contribution in [0.25, 0.3) is 6.08 Å². The summed E-state index contributed by atoms with van der Waals surface area (Å²) in [5, 5.41) is 21.2. The number of carbonyl (C=O) groups excluding carboxylic acids is 1. The molecule has 2 aromatic carbocycles. The standard InChI is InChI=1S/C29H36F2N4O2/c1-3-5-11-35-20-23(18-33-35)9-10-29(37)34-27(15-24-13-25(30)16-26(31)14-24)28(36)19-32-17-22-8-6-7-21(4-2)12-22/h6-10,12-14,16,18,20,27-28,32,36H,3-5,11,15,17,19H2,1-2H3,(H,34,37)/b10-9+/t27-,28+/m0/s1. The Morgan fingerprint density at radius 2 is 1.86 bits per heavy atom. The van der Waals surface area contributed by atoms with Crippen LogP contribution in [-0.2, 0) is 30.7 Å². The summed E-state index contributed by atoms with van der Waals surface area (Å²) in [6.45, 7) is 5.74. The second kappa shape index (κ2) is 14.4. The summed E-state index contributed by atoms with van der Waals surface area (Å²) in [4.78, 5) is 12.7. The quantitative estimate of drug-likeness (QED) is 0.281. The summed E-state index contributed by atoms with van der Waals surface area (Å²) in [6.07, 6.45) is 8.65. The smallest absolute Gasteiger partial charge is 0.244 e. The summed E-state index contributed by atoms with van der Waals surface area (Å²) < 4.78 is 29.3. The Kier molecular flexibility index (Phi) is 11.0. The molecule has 8 heteroatoms. The van der Waals surface area contributed by atoms with Gasteiger partial charge in [-0.2, -0.15) is 5.10 Å². The highest BCUT2D eigenvalue weighted by Gasteiger charge is 2.22. The van der Waals surface area contributed by atoms with Crippen LogP contribution >= 0.6 is 0 Å². The van der Waals surface area contributed by atoms with Crippen LogP contribution in [0.15, 0.2) is 60.9 Å². The number of benzene rings is 2. The maximum atomic E-state index is 13.8. The fourth-order valence-corrected chi connectivity index (χ4v) is 4.04. The van der Waals surface area contributed by atoms with E-state index < -0.39 is 29.7 Å². The number of carbonyl (C=O) groups is 1. The van der Waals surface area contributed by atoms with Gasteiger partial charge in [-0.25, -0.2) is 8.78 Å². The molecule has 37 heavy (non-hydrogen) atoms. The first-order chi connectivity index (χ1) is 17.9. The third-order valence-corrected chi connectivity index (χ3v) is 6.07. The summed E-state index contributed by atoms with van der Waals surface area (Å²) in [6, 6.07) is 10.6. The highest BCUT2D eigenvalue weighted by Crippen LogP contribution is 2.13. The monoisotopic (exact) mass is 510 g/mol. The van der Waals surface area contributed by atoms with E-state index in [0.29, 0.717) is 12.1 Å². The molecule has 0 unspecified atom stereocenters. The van der Waals surface area contributed by atoms with Gasteiger partial charge in [0.2, 0.25) is 5.91 Å². The number of rotatable bonds is 14. The zero-order valence-corrected chi connectivity index (χ0v) is 21.5. The SMILES string of the molecule is CCCCn1cc(/C=C/C(=O)N[C@@H](Cc2cc(F)cc(F)c2)[C@H](O)CNCc2cccc(CC)c2)cn1. The third kappa shape index (κ3) is 9.55. The van der Waals surface area contributed by atoms with Crippen molar-refractivity contribution in [2.45, 2.75) is 64.8 Å². The van der Waals surface area contributed by atoms with Crippen LogP contribution in [0.2, 0.25) is 0 Å². The molecular weight excluding hydrogens is 474 g/mol. The Balaban J connectivity index is 1.64. The lowest BCUT2D eigenvalue weighted by atomic mass is 10.0. The molecule has 3 N–H and O–H groups in total. The number of nitrogens with one attached hydrogen (secondary N) is 2. The Morgan fingerprint density at radius 1 is 1.11 bits per heavy atom. The minimum atomic E-state index is -0.991. The van der Waals surface area contributed by atoms with E-state index >= 15 is 0 Å². The van der Waals surface area contributed by atoms with Crippen molar-refractivity contribution in [1.29, 1.82) is 0 Å². The Hall–Kier alpha value is -3.36. The molecule has 198 valence electrons. The van der Waals surface area contributed by atoms with Gasteiger partial charge in [-0.15, -0.1) is 0 Å². The molecule has 0 saturated carbocycles. The number of hydrogen-bond acceptors (Lipinski definition) is 4. The van der Waals surface area contributed by atoms with Gasteiger partial charge in [-0.05, 0) is 54.2 Å². The van der Waals surface area contributed by atoms with Crippen molar-refractivity contribution in [2.75, 3.05) is 6.54 Å². The van der Waals surface area contributed by atoms with Crippen molar-refractivity contribution in [3.8, 4) is 0 Å². The summed E-state index contributed by atoms with van der Waals surface area (Å²) in [5.74, 6) is -1.83. The van der Waals surface area contributed by atoms with Crippen molar-refractivity contribution in [3.05, 3.63) is 94.8 Å². The number of halogens is 2.